The maximum Gasteiger partial charge on any atom is 0.231 e. The molecule has 3 aromatic rings. The molecule has 0 aromatic heterocycles. The number of carbonyl (C=O) groups is 1. The molecule has 1 heterocycles. The van der Waals surface area contributed by atoms with Gasteiger partial charge in [-0.25, -0.2) is 4.39 Å². The van der Waals surface area contributed by atoms with Gasteiger partial charge in [0.1, 0.15) is 35.4 Å². The maximum absolute atomic E-state index is 13.9. The van der Waals surface area contributed by atoms with Gasteiger partial charge in [0.25, 0.3) is 0 Å². The highest BCUT2D eigenvalue weighted by molar-refractivity contribution is 6.31. The highest BCUT2D eigenvalue weighted by atomic mass is 35.5. The van der Waals surface area contributed by atoms with Crippen molar-refractivity contribution < 1.29 is 28.1 Å². The molecular formula is C24H18ClFO5. The Morgan fingerprint density at radius 2 is 1.84 bits per heavy atom. The second-order valence-corrected chi connectivity index (χ2v) is 7.10. The van der Waals surface area contributed by atoms with Crippen LogP contribution in [0.25, 0.3) is 6.08 Å². The molecule has 3 aromatic carbocycles. The van der Waals surface area contributed by atoms with E-state index in [1.54, 1.807) is 62.8 Å². The number of ether oxygens (including phenoxy) is 4. The van der Waals surface area contributed by atoms with Crippen LogP contribution >= 0.6 is 11.6 Å². The molecule has 0 saturated carbocycles. The quantitative estimate of drug-likeness (QED) is 0.461. The maximum atomic E-state index is 13.9. The van der Waals surface area contributed by atoms with Crippen LogP contribution in [-0.2, 0) is 6.61 Å². The van der Waals surface area contributed by atoms with Gasteiger partial charge in [-0.3, -0.25) is 4.79 Å². The molecule has 158 valence electrons. The Bertz CT molecular complexity index is 1170. The number of fused-ring (bicyclic) bond motifs is 1. The highest BCUT2D eigenvalue weighted by Gasteiger charge is 2.28. The molecule has 1 aliphatic rings. The molecule has 31 heavy (non-hydrogen) atoms. The van der Waals surface area contributed by atoms with E-state index < -0.39 is 5.82 Å². The summed E-state index contributed by atoms with van der Waals surface area (Å²) in [5.41, 5.74) is 1.31. The number of allylic oxidation sites excluding steroid dienone is 1. The summed E-state index contributed by atoms with van der Waals surface area (Å²) in [6.45, 7) is -0.0536. The van der Waals surface area contributed by atoms with Crippen LogP contribution in [0.2, 0.25) is 5.02 Å². The Morgan fingerprint density at radius 1 is 1.03 bits per heavy atom. The molecule has 0 bridgehead atoms. The standard InChI is InChI=1S/C24H18ClFO5/c1-28-15-7-9-21(29-2)14(10-15)11-23-24(27)17-8-6-16(12-22(17)31-23)30-13-18-19(25)4-3-5-20(18)26/h3-12H,13H2,1-2H3/b23-11-. The van der Waals surface area contributed by atoms with Gasteiger partial charge < -0.3 is 18.9 Å². The molecule has 0 unspecified atom stereocenters. The third-order valence-corrected chi connectivity index (χ3v) is 5.16. The lowest BCUT2D eigenvalue weighted by atomic mass is 10.1. The van der Waals surface area contributed by atoms with Crippen molar-refractivity contribution in [3.8, 4) is 23.0 Å². The third kappa shape index (κ3) is 4.20. The fourth-order valence-electron chi connectivity index (χ4n) is 3.18. The molecule has 4 rings (SSSR count). The van der Waals surface area contributed by atoms with Crippen molar-refractivity contribution in [2.45, 2.75) is 6.61 Å². The van der Waals surface area contributed by atoms with Gasteiger partial charge in [0.2, 0.25) is 5.78 Å². The minimum Gasteiger partial charge on any atom is -0.497 e. The number of rotatable bonds is 6. The van der Waals surface area contributed by atoms with Crippen LogP contribution in [0.4, 0.5) is 4.39 Å². The summed E-state index contributed by atoms with van der Waals surface area (Å²) in [6, 6.07) is 14.5. The normalized spacial score (nSPS) is 13.7. The molecule has 0 saturated heterocycles. The SMILES string of the molecule is COc1ccc(OC)c(/C=C2\Oc3cc(OCc4c(F)cccc4Cl)ccc3C2=O)c1. The fraction of sp³-hybridized carbons (Fsp3) is 0.125. The monoisotopic (exact) mass is 440 g/mol. The fourth-order valence-corrected chi connectivity index (χ4v) is 3.39. The van der Waals surface area contributed by atoms with Gasteiger partial charge >= 0.3 is 0 Å². The van der Waals surface area contributed by atoms with E-state index in [-0.39, 0.29) is 28.7 Å². The lowest BCUT2D eigenvalue weighted by molar-refractivity contribution is 0.101. The second kappa shape index (κ2) is 8.70. The molecule has 0 spiro atoms. The summed E-state index contributed by atoms with van der Waals surface area (Å²) in [4.78, 5) is 12.8. The zero-order valence-corrected chi connectivity index (χ0v) is 17.5. The minimum absolute atomic E-state index is 0.0536. The topological polar surface area (TPSA) is 54.0 Å². The molecule has 7 heteroatoms. The third-order valence-electron chi connectivity index (χ3n) is 4.81. The molecular weight excluding hydrogens is 423 g/mol. The smallest absolute Gasteiger partial charge is 0.231 e. The summed E-state index contributed by atoms with van der Waals surface area (Å²) in [5, 5.41) is 0.282. The van der Waals surface area contributed by atoms with Crippen LogP contribution in [-0.4, -0.2) is 20.0 Å². The van der Waals surface area contributed by atoms with Crippen LogP contribution in [0, 0.1) is 5.82 Å². The lowest BCUT2D eigenvalue weighted by Gasteiger charge is -2.09. The number of benzene rings is 3. The average Bonchev–Trinajstić information content (AvgIpc) is 3.08. The van der Waals surface area contributed by atoms with Crippen molar-refractivity contribution in [1.29, 1.82) is 0 Å². The Labute approximate surface area is 183 Å². The first-order valence-corrected chi connectivity index (χ1v) is 9.74. The Morgan fingerprint density at radius 3 is 2.58 bits per heavy atom. The molecule has 5 nitrogen and oxygen atoms in total. The second-order valence-electron chi connectivity index (χ2n) is 6.69. The van der Waals surface area contributed by atoms with Crippen molar-refractivity contribution in [1.82, 2.24) is 0 Å². The summed E-state index contributed by atoms with van der Waals surface area (Å²) in [5.74, 6) is 1.42. The predicted molar refractivity (Wildman–Crippen MR) is 115 cm³/mol. The number of hydrogen-bond acceptors (Lipinski definition) is 5. The van der Waals surface area contributed by atoms with Crippen LogP contribution < -0.4 is 18.9 Å². The van der Waals surface area contributed by atoms with E-state index in [2.05, 4.69) is 0 Å². The molecule has 0 radical (unpaired) electrons. The Kier molecular flexibility index (Phi) is 5.82. The molecule has 1 aliphatic heterocycles. The number of Topliss-reactive ketones (excluding diaryl/α,β-unsaturated/α-hetero) is 1. The predicted octanol–water partition coefficient (Wildman–Crippen LogP) is 5.69. The van der Waals surface area contributed by atoms with Crippen molar-refractivity contribution in [3.63, 3.8) is 0 Å². The highest BCUT2D eigenvalue weighted by Crippen LogP contribution is 2.36. The van der Waals surface area contributed by atoms with E-state index >= 15 is 0 Å². The first kappa shape index (κ1) is 20.8. The first-order chi connectivity index (χ1) is 15.0. The zero-order valence-electron chi connectivity index (χ0n) is 16.8. The molecule has 0 N–H and O–H groups in total. The largest absolute Gasteiger partial charge is 0.497 e. The Hall–Kier alpha value is -3.51. The summed E-state index contributed by atoms with van der Waals surface area (Å²) in [6.07, 6.45) is 1.60. The number of methoxy groups -OCH3 is 2. The van der Waals surface area contributed by atoms with E-state index in [0.717, 1.165) is 0 Å². The van der Waals surface area contributed by atoms with Crippen LogP contribution in [0.5, 0.6) is 23.0 Å². The number of ketones is 1. The number of halogens is 2. The van der Waals surface area contributed by atoms with Crippen molar-refractivity contribution in [2.75, 3.05) is 14.2 Å². The van der Waals surface area contributed by atoms with Gasteiger partial charge in [-0.2, -0.15) is 0 Å². The molecule has 0 fully saturated rings. The Balaban J connectivity index is 1.57. The van der Waals surface area contributed by atoms with Crippen molar-refractivity contribution in [2.24, 2.45) is 0 Å². The van der Waals surface area contributed by atoms with E-state index in [1.165, 1.54) is 12.1 Å². The van der Waals surface area contributed by atoms with Gasteiger partial charge in [-0.05, 0) is 48.5 Å². The average molecular weight is 441 g/mol. The van der Waals surface area contributed by atoms with E-state index in [4.69, 9.17) is 30.5 Å². The van der Waals surface area contributed by atoms with Gasteiger partial charge in [-0.15, -0.1) is 0 Å². The summed E-state index contributed by atoms with van der Waals surface area (Å²) >= 11 is 6.04. The van der Waals surface area contributed by atoms with Gasteiger partial charge in [0.05, 0.1) is 24.8 Å². The van der Waals surface area contributed by atoms with Crippen molar-refractivity contribution in [3.05, 3.63) is 87.9 Å². The summed E-state index contributed by atoms with van der Waals surface area (Å²) < 4.78 is 36.0. The van der Waals surface area contributed by atoms with E-state index in [9.17, 15) is 9.18 Å². The van der Waals surface area contributed by atoms with Gasteiger partial charge in [0.15, 0.2) is 5.76 Å². The van der Waals surface area contributed by atoms with Crippen LogP contribution in [0.1, 0.15) is 21.5 Å². The summed E-state index contributed by atoms with van der Waals surface area (Å²) in [7, 11) is 3.10. The molecule has 0 atom stereocenters. The van der Waals surface area contributed by atoms with E-state index in [0.29, 0.717) is 34.1 Å². The zero-order chi connectivity index (χ0) is 22.0. The lowest BCUT2D eigenvalue weighted by Crippen LogP contribution is -2.00. The molecule has 0 amide bonds. The molecule has 0 aliphatic carbocycles. The van der Waals surface area contributed by atoms with Crippen LogP contribution in [0.15, 0.2) is 60.4 Å². The van der Waals surface area contributed by atoms with Crippen LogP contribution in [0.3, 0.4) is 0 Å². The van der Waals surface area contributed by atoms with Gasteiger partial charge in [0, 0.05) is 17.2 Å². The van der Waals surface area contributed by atoms with E-state index in [1.807, 2.05) is 0 Å². The van der Waals surface area contributed by atoms with Gasteiger partial charge in [-0.1, -0.05) is 17.7 Å². The number of carbonyl (C=O) groups excluding carboxylic acids is 1. The first-order valence-electron chi connectivity index (χ1n) is 9.36. The minimum atomic E-state index is -0.447. The number of hydrogen-bond donors (Lipinski definition) is 0. The van der Waals surface area contributed by atoms with Crippen molar-refractivity contribution >= 4 is 23.5 Å².